The largest absolute Gasteiger partial charge is 0.324 e. The van der Waals surface area contributed by atoms with Crippen LogP contribution in [0.5, 0.6) is 0 Å². The topological polar surface area (TPSA) is 56.7 Å². The number of aromatic nitrogens is 3. The number of aryl methyl sites for hydroxylation is 1. The molecule has 0 aliphatic carbocycles. The van der Waals surface area contributed by atoms with Crippen molar-refractivity contribution in [2.24, 2.45) is 5.73 Å². The Kier molecular flexibility index (Phi) is 3.14. The molecule has 1 heterocycles. The molecular formula is C10H10Cl2N4. The lowest BCUT2D eigenvalue weighted by Crippen LogP contribution is -2.02. The van der Waals surface area contributed by atoms with Crippen LogP contribution in [0, 0.1) is 6.92 Å². The van der Waals surface area contributed by atoms with Crippen LogP contribution in [-0.2, 0) is 6.54 Å². The highest BCUT2D eigenvalue weighted by Crippen LogP contribution is 2.24. The lowest BCUT2D eigenvalue weighted by atomic mass is 10.3. The number of halogens is 2. The summed E-state index contributed by atoms with van der Waals surface area (Å²) in [6.07, 6.45) is 0. The Bertz CT molecular complexity index is 522. The Hall–Kier alpha value is -1.10. The van der Waals surface area contributed by atoms with E-state index in [0.717, 1.165) is 5.82 Å². The van der Waals surface area contributed by atoms with Crippen molar-refractivity contribution in [3.63, 3.8) is 0 Å². The lowest BCUT2D eigenvalue weighted by molar-refractivity contribution is 0.813. The molecular weight excluding hydrogens is 247 g/mol. The van der Waals surface area contributed by atoms with Crippen LogP contribution < -0.4 is 5.73 Å². The summed E-state index contributed by atoms with van der Waals surface area (Å²) >= 11 is 12.0. The fourth-order valence-electron chi connectivity index (χ4n) is 1.41. The number of nitrogens with two attached hydrogens (primary N) is 1. The summed E-state index contributed by atoms with van der Waals surface area (Å²) in [5, 5.41) is 5.41. The van der Waals surface area contributed by atoms with Gasteiger partial charge in [-0.3, -0.25) is 0 Å². The zero-order chi connectivity index (χ0) is 11.7. The number of rotatable bonds is 2. The number of hydrogen-bond acceptors (Lipinski definition) is 3. The average molecular weight is 257 g/mol. The van der Waals surface area contributed by atoms with Crippen molar-refractivity contribution in [3.05, 3.63) is 39.9 Å². The Morgan fingerprint density at radius 3 is 2.75 bits per heavy atom. The van der Waals surface area contributed by atoms with Crippen LogP contribution in [0.25, 0.3) is 5.69 Å². The van der Waals surface area contributed by atoms with E-state index >= 15 is 0 Å². The van der Waals surface area contributed by atoms with Crippen molar-refractivity contribution in [2.45, 2.75) is 13.5 Å². The van der Waals surface area contributed by atoms with Crippen LogP contribution in [-0.4, -0.2) is 14.8 Å². The van der Waals surface area contributed by atoms with Gasteiger partial charge in [-0.05, 0) is 25.1 Å². The summed E-state index contributed by atoms with van der Waals surface area (Å²) in [7, 11) is 0. The minimum Gasteiger partial charge on any atom is -0.324 e. The van der Waals surface area contributed by atoms with Gasteiger partial charge in [0.1, 0.15) is 5.82 Å². The molecule has 84 valence electrons. The van der Waals surface area contributed by atoms with Gasteiger partial charge in [-0.15, -0.1) is 5.10 Å². The Morgan fingerprint density at radius 1 is 1.38 bits per heavy atom. The van der Waals surface area contributed by atoms with Crippen molar-refractivity contribution in [2.75, 3.05) is 0 Å². The summed E-state index contributed by atoms with van der Waals surface area (Å²) in [5.74, 6) is 1.30. The van der Waals surface area contributed by atoms with Crippen molar-refractivity contribution in [1.29, 1.82) is 0 Å². The highest BCUT2D eigenvalue weighted by molar-refractivity contribution is 6.34. The Morgan fingerprint density at radius 2 is 2.12 bits per heavy atom. The van der Waals surface area contributed by atoms with E-state index in [1.54, 1.807) is 22.9 Å². The first kappa shape index (κ1) is 11.4. The third kappa shape index (κ3) is 2.04. The molecule has 0 amide bonds. The van der Waals surface area contributed by atoms with Crippen LogP contribution in [0.15, 0.2) is 18.2 Å². The van der Waals surface area contributed by atoms with Crippen LogP contribution in [0.1, 0.15) is 11.6 Å². The Labute approximate surface area is 103 Å². The zero-order valence-corrected chi connectivity index (χ0v) is 10.1. The van der Waals surface area contributed by atoms with Gasteiger partial charge in [-0.25, -0.2) is 9.67 Å². The van der Waals surface area contributed by atoms with E-state index in [9.17, 15) is 0 Å². The van der Waals surface area contributed by atoms with E-state index in [1.165, 1.54) is 0 Å². The van der Waals surface area contributed by atoms with E-state index in [2.05, 4.69) is 10.1 Å². The highest BCUT2D eigenvalue weighted by Gasteiger charge is 2.10. The molecule has 0 aliphatic heterocycles. The fourth-order valence-corrected chi connectivity index (χ4v) is 1.77. The summed E-state index contributed by atoms with van der Waals surface area (Å²) < 4.78 is 1.64. The van der Waals surface area contributed by atoms with Gasteiger partial charge in [0, 0.05) is 5.02 Å². The first-order valence-corrected chi connectivity index (χ1v) is 5.45. The third-order valence-electron chi connectivity index (χ3n) is 2.13. The highest BCUT2D eigenvalue weighted by atomic mass is 35.5. The predicted molar refractivity (Wildman–Crippen MR) is 64.0 cm³/mol. The molecule has 4 nitrogen and oxygen atoms in total. The van der Waals surface area contributed by atoms with Gasteiger partial charge < -0.3 is 5.73 Å². The maximum Gasteiger partial charge on any atom is 0.164 e. The average Bonchev–Trinajstić information content (AvgIpc) is 2.63. The first-order valence-electron chi connectivity index (χ1n) is 4.70. The minimum atomic E-state index is 0.298. The van der Waals surface area contributed by atoms with Crippen LogP contribution in [0.4, 0.5) is 0 Å². The maximum atomic E-state index is 6.08. The molecule has 0 fully saturated rings. The quantitative estimate of drug-likeness (QED) is 0.898. The van der Waals surface area contributed by atoms with E-state index in [4.69, 9.17) is 28.9 Å². The van der Waals surface area contributed by atoms with Gasteiger partial charge in [0.15, 0.2) is 5.82 Å². The molecule has 0 atom stereocenters. The molecule has 0 radical (unpaired) electrons. The molecule has 2 aromatic rings. The second-order valence-electron chi connectivity index (χ2n) is 3.29. The van der Waals surface area contributed by atoms with Crippen LogP contribution in [0.3, 0.4) is 0 Å². The van der Waals surface area contributed by atoms with E-state index in [1.807, 2.05) is 6.92 Å². The lowest BCUT2D eigenvalue weighted by Gasteiger charge is -2.05. The maximum absolute atomic E-state index is 6.08. The normalized spacial score (nSPS) is 10.8. The molecule has 16 heavy (non-hydrogen) atoms. The van der Waals surface area contributed by atoms with Gasteiger partial charge in [-0.2, -0.15) is 0 Å². The van der Waals surface area contributed by atoms with Gasteiger partial charge in [-0.1, -0.05) is 23.2 Å². The van der Waals surface area contributed by atoms with Crippen LogP contribution >= 0.6 is 23.2 Å². The van der Waals surface area contributed by atoms with Crippen LogP contribution in [0.2, 0.25) is 10.0 Å². The molecule has 2 rings (SSSR count). The molecule has 1 aromatic heterocycles. The smallest absolute Gasteiger partial charge is 0.164 e. The van der Waals surface area contributed by atoms with Gasteiger partial charge >= 0.3 is 0 Å². The van der Waals surface area contributed by atoms with Gasteiger partial charge in [0.25, 0.3) is 0 Å². The fraction of sp³-hybridized carbons (Fsp3) is 0.200. The van der Waals surface area contributed by atoms with Gasteiger partial charge in [0.05, 0.1) is 17.3 Å². The molecule has 0 saturated heterocycles. The molecule has 0 saturated carbocycles. The summed E-state index contributed by atoms with van der Waals surface area (Å²) in [4.78, 5) is 4.20. The molecule has 0 unspecified atom stereocenters. The van der Waals surface area contributed by atoms with Gasteiger partial charge in [0.2, 0.25) is 0 Å². The first-order chi connectivity index (χ1) is 7.61. The Balaban J connectivity index is 2.57. The number of hydrogen-bond donors (Lipinski definition) is 1. The van der Waals surface area contributed by atoms with Crippen molar-refractivity contribution < 1.29 is 0 Å². The van der Waals surface area contributed by atoms with Crippen molar-refractivity contribution in [1.82, 2.24) is 14.8 Å². The molecule has 0 spiro atoms. The minimum absolute atomic E-state index is 0.298. The molecule has 0 aliphatic rings. The van der Waals surface area contributed by atoms with Crippen molar-refractivity contribution in [3.8, 4) is 5.69 Å². The number of nitrogens with zero attached hydrogens (tertiary/aromatic N) is 3. The SMILES string of the molecule is Cc1nc(CN)nn1-c1cc(Cl)ccc1Cl. The standard InChI is InChI=1S/C10H10Cl2N4/c1-6-14-10(5-13)15-16(6)9-4-7(11)2-3-8(9)12/h2-4H,5,13H2,1H3. The van der Waals surface area contributed by atoms with E-state index in [0.29, 0.717) is 28.1 Å². The molecule has 0 bridgehead atoms. The second-order valence-corrected chi connectivity index (χ2v) is 4.13. The van der Waals surface area contributed by atoms with E-state index < -0.39 is 0 Å². The predicted octanol–water partition coefficient (Wildman–Crippen LogP) is 2.34. The third-order valence-corrected chi connectivity index (χ3v) is 2.69. The molecule has 6 heteroatoms. The summed E-state index contributed by atoms with van der Waals surface area (Å²) in [6.45, 7) is 2.13. The molecule has 1 aromatic carbocycles. The summed E-state index contributed by atoms with van der Waals surface area (Å²) in [5.41, 5.74) is 6.19. The summed E-state index contributed by atoms with van der Waals surface area (Å²) in [6, 6.07) is 5.19. The van der Waals surface area contributed by atoms with Crippen molar-refractivity contribution >= 4 is 23.2 Å². The number of benzene rings is 1. The van der Waals surface area contributed by atoms with E-state index in [-0.39, 0.29) is 0 Å². The monoisotopic (exact) mass is 256 g/mol. The zero-order valence-electron chi connectivity index (χ0n) is 8.61. The molecule has 2 N–H and O–H groups in total. The second kappa shape index (κ2) is 4.41.